The second-order valence-electron chi connectivity index (χ2n) is 17.1. The number of nitrogens with zero attached hydrogens (tertiary/aromatic N) is 5. The lowest BCUT2D eigenvalue weighted by Crippen LogP contribution is -2.61. The van der Waals surface area contributed by atoms with E-state index < -0.39 is 0 Å². The minimum atomic E-state index is -0.0833. The Morgan fingerprint density at radius 1 is 0.443 bits per heavy atom. The molecule has 0 aliphatic carbocycles. The molecule has 2 aromatic heterocycles. The number of para-hydroxylation sites is 5. The van der Waals surface area contributed by atoms with Gasteiger partial charge in [-0.15, -0.1) is 0 Å². The number of benzene rings is 7. The van der Waals surface area contributed by atoms with Crippen LogP contribution < -0.4 is 26.2 Å². The van der Waals surface area contributed by atoms with Crippen LogP contribution in [0.5, 0.6) is 0 Å². The van der Waals surface area contributed by atoms with E-state index in [1.165, 1.54) is 95.1 Å². The van der Waals surface area contributed by atoms with E-state index in [4.69, 9.17) is 9.97 Å². The first kappa shape index (κ1) is 36.9. The van der Waals surface area contributed by atoms with Crippen LogP contribution in [0.3, 0.4) is 0 Å². The first-order valence-corrected chi connectivity index (χ1v) is 21.3. The summed E-state index contributed by atoms with van der Waals surface area (Å²) < 4.78 is 2.38. The minimum Gasteiger partial charge on any atom is -0.311 e. The third-order valence-electron chi connectivity index (χ3n) is 13.0. The van der Waals surface area contributed by atoms with Crippen molar-refractivity contribution in [2.75, 3.05) is 9.80 Å². The predicted molar refractivity (Wildman–Crippen MR) is 257 cm³/mol. The monoisotopic (exact) mass is 787 g/mol. The van der Waals surface area contributed by atoms with Gasteiger partial charge in [-0.25, -0.2) is 4.98 Å². The lowest BCUT2D eigenvalue weighted by atomic mass is 9.33. The lowest BCUT2D eigenvalue weighted by molar-refractivity contribution is 1.06. The van der Waals surface area contributed by atoms with E-state index in [9.17, 15) is 0 Å². The largest absolute Gasteiger partial charge is 0.311 e. The van der Waals surface area contributed by atoms with Gasteiger partial charge in [0.1, 0.15) is 5.82 Å². The number of aromatic nitrogens is 3. The van der Waals surface area contributed by atoms with E-state index in [1.54, 1.807) is 0 Å². The SMILES string of the molecule is Cc1ccnc(-c2ccc3c(c2)B2c4cc(-c5nc6ccccc6n5-c5c(C)cccc5C)ccc4N(c4c(C)cccc4C)c4cccc(c42)N3c2c(C)cccc2C)c1. The third-order valence-corrected chi connectivity index (χ3v) is 13.0. The Hall–Kier alpha value is -7.18. The molecule has 0 saturated heterocycles. The molecule has 5 nitrogen and oxygen atoms in total. The molecule has 61 heavy (non-hydrogen) atoms. The van der Waals surface area contributed by atoms with Crippen LogP contribution in [0.15, 0.2) is 152 Å². The van der Waals surface area contributed by atoms with Crippen molar-refractivity contribution in [3.8, 4) is 28.3 Å². The van der Waals surface area contributed by atoms with E-state index in [-0.39, 0.29) is 6.71 Å². The first-order valence-electron chi connectivity index (χ1n) is 21.3. The molecule has 0 radical (unpaired) electrons. The Bertz CT molecular complexity index is 3190. The summed E-state index contributed by atoms with van der Waals surface area (Å²) in [6.07, 6.45) is 1.92. The Kier molecular flexibility index (Phi) is 8.44. The number of hydrogen-bond donors (Lipinski definition) is 0. The molecule has 2 aliphatic heterocycles. The van der Waals surface area contributed by atoms with E-state index in [0.29, 0.717) is 0 Å². The number of hydrogen-bond acceptors (Lipinski definition) is 4. The smallest absolute Gasteiger partial charge is 0.252 e. The predicted octanol–water partition coefficient (Wildman–Crippen LogP) is 12.0. The molecule has 0 amide bonds. The molecule has 0 saturated carbocycles. The Morgan fingerprint density at radius 3 is 1.52 bits per heavy atom. The van der Waals surface area contributed by atoms with Gasteiger partial charge < -0.3 is 9.80 Å². The van der Waals surface area contributed by atoms with Gasteiger partial charge in [0, 0.05) is 34.5 Å². The third kappa shape index (κ3) is 5.62. The van der Waals surface area contributed by atoms with E-state index in [1.807, 2.05) is 6.20 Å². The standard InChI is InChI=1S/C55H46BN5/c1-33-28-29-57-45(30-33)40-24-26-46-42(31-40)56-43-32-41(55-58-44-20-8-9-21-48(44)61(55)54-38(6)18-12-19-39(54)7)25-27-47(43)60(53-36(4)16-11-17-37(53)5)50-23-13-22-49(51(50)56)59(46)52-34(2)14-10-15-35(52)3/h8-32H,1-7H3. The number of imidazole rings is 1. The quantitative estimate of drug-likeness (QED) is 0.163. The normalized spacial score (nSPS) is 12.7. The zero-order valence-corrected chi connectivity index (χ0v) is 35.7. The van der Waals surface area contributed by atoms with Crippen LogP contribution in [0.1, 0.15) is 38.9 Å². The molecule has 0 unspecified atom stereocenters. The molecule has 2 aliphatic rings. The van der Waals surface area contributed by atoms with Crippen LogP contribution in [0.25, 0.3) is 39.4 Å². The highest BCUT2D eigenvalue weighted by Gasteiger charge is 2.44. The Balaban J connectivity index is 1.25. The lowest BCUT2D eigenvalue weighted by Gasteiger charge is -2.45. The Labute approximate surface area is 358 Å². The summed E-state index contributed by atoms with van der Waals surface area (Å²) in [7, 11) is 0. The molecule has 0 fully saturated rings. The maximum atomic E-state index is 5.43. The molecule has 0 spiro atoms. The molecule has 9 aromatic rings. The van der Waals surface area contributed by atoms with Crippen molar-refractivity contribution in [3.05, 3.63) is 191 Å². The van der Waals surface area contributed by atoms with Crippen LogP contribution in [0.2, 0.25) is 0 Å². The van der Waals surface area contributed by atoms with Gasteiger partial charge in [0.2, 0.25) is 0 Å². The summed E-state index contributed by atoms with van der Waals surface area (Å²) in [5, 5.41) is 0. The summed E-state index contributed by atoms with van der Waals surface area (Å²) in [6, 6.07) is 53.6. The highest BCUT2D eigenvalue weighted by molar-refractivity contribution is 7.00. The molecular weight excluding hydrogens is 741 g/mol. The van der Waals surface area contributed by atoms with Crippen LogP contribution in [0, 0.1) is 48.5 Å². The summed E-state index contributed by atoms with van der Waals surface area (Å²) in [4.78, 5) is 15.4. The van der Waals surface area contributed by atoms with Crippen LogP contribution in [-0.4, -0.2) is 21.2 Å². The topological polar surface area (TPSA) is 37.2 Å². The molecule has 0 bridgehead atoms. The molecule has 4 heterocycles. The van der Waals surface area contributed by atoms with Crippen molar-refractivity contribution in [1.29, 1.82) is 0 Å². The molecule has 0 N–H and O–H groups in total. The van der Waals surface area contributed by atoms with Crippen molar-refractivity contribution in [2.45, 2.75) is 48.5 Å². The number of fused-ring (bicyclic) bond motifs is 5. The van der Waals surface area contributed by atoms with E-state index in [0.717, 1.165) is 33.7 Å². The summed E-state index contributed by atoms with van der Waals surface area (Å²) >= 11 is 0. The molecule has 11 rings (SSSR count). The Morgan fingerprint density at radius 2 is 0.951 bits per heavy atom. The molecule has 0 atom stereocenters. The summed E-state index contributed by atoms with van der Waals surface area (Å²) in [5.41, 5.74) is 26.0. The second-order valence-corrected chi connectivity index (χ2v) is 17.1. The van der Waals surface area contributed by atoms with Crippen LogP contribution in [-0.2, 0) is 0 Å². The number of rotatable bonds is 5. The van der Waals surface area contributed by atoms with E-state index in [2.05, 4.69) is 208 Å². The molecular formula is C55H46BN5. The van der Waals surface area contributed by atoms with Crippen LogP contribution in [0.4, 0.5) is 34.1 Å². The molecule has 6 heteroatoms. The van der Waals surface area contributed by atoms with E-state index >= 15 is 0 Å². The van der Waals surface area contributed by atoms with Crippen molar-refractivity contribution in [2.24, 2.45) is 0 Å². The fourth-order valence-corrected chi connectivity index (χ4v) is 10.3. The number of aryl methyl sites for hydroxylation is 7. The van der Waals surface area contributed by atoms with Crippen molar-refractivity contribution in [3.63, 3.8) is 0 Å². The average Bonchev–Trinajstić information content (AvgIpc) is 3.63. The van der Waals surface area contributed by atoms with Crippen molar-refractivity contribution >= 4 is 68.3 Å². The average molecular weight is 788 g/mol. The zero-order chi connectivity index (χ0) is 41.7. The van der Waals surface area contributed by atoms with Crippen molar-refractivity contribution in [1.82, 2.24) is 14.5 Å². The second kappa shape index (κ2) is 14.0. The van der Waals surface area contributed by atoms with Gasteiger partial charge in [0.25, 0.3) is 6.71 Å². The number of pyridine rings is 1. The minimum absolute atomic E-state index is 0.0833. The van der Waals surface area contributed by atoms with Gasteiger partial charge in [-0.1, -0.05) is 91.0 Å². The summed E-state index contributed by atoms with van der Waals surface area (Å²) in [6.45, 7) is 15.4. The first-order chi connectivity index (χ1) is 29.7. The zero-order valence-electron chi connectivity index (χ0n) is 35.7. The van der Waals surface area contributed by atoms with Gasteiger partial charge in [-0.05, 0) is 164 Å². The fourth-order valence-electron chi connectivity index (χ4n) is 10.3. The van der Waals surface area contributed by atoms with Gasteiger partial charge in [-0.2, -0.15) is 0 Å². The van der Waals surface area contributed by atoms with Crippen LogP contribution >= 0.6 is 0 Å². The molecule has 294 valence electrons. The molecule has 7 aromatic carbocycles. The van der Waals surface area contributed by atoms with Gasteiger partial charge in [0.15, 0.2) is 0 Å². The van der Waals surface area contributed by atoms with Gasteiger partial charge in [-0.3, -0.25) is 9.55 Å². The highest BCUT2D eigenvalue weighted by atomic mass is 15.2. The van der Waals surface area contributed by atoms with Gasteiger partial charge >= 0.3 is 0 Å². The highest BCUT2D eigenvalue weighted by Crippen LogP contribution is 2.47. The maximum absolute atomic E-state index is 5.43. The van der Waals surface area contributed by atoms with Crippen molar-refractivity contribution < 1.29 is 0 Å². The summed E-state index contributed by atoms with van der Waals surface area (Å²) in [5.74, 6) is 0.935. The number of anilines is 6. The fraction of sp³-hybridized carbons (Fsp3) is 0.127. The van der Waals surface area contributed by atoms with Gasteiger partial charge in [0.05, 0.1) is 33.8 Å². The maximum Gasteiger partial charge on any atom is 0.252 e.